The Morgan fingerprint density at radius 3 is 1.78 bits per heavy atom. The Morgan fingerprint density at radius 1 is 0.896 bits per heavy atom. The van der Waals surface area contributed by atoms with Crippen molar-refractivity contribution < 1.29 is 14.0 Å². The van der Waals surface area contributed by atoms with E-state index in [2.05, 4.69) is 145 Å². The van der Waals surface area contributed by atoms with Crippen LogP contribution in [0.5, 0.6) is 0 Å². The molecule has 5 nitrogen and oxygen atoms in total. The van der Waals surface area contributed by atoms with Gasteiger partial charge in [0.05, 0.1) is 28.1 Å². The maximum Gasteiger partial charge on any atom is 0.146 e. The first-order valence-electron chi connectivity index (χ1n) is 26.6. The predicted octanol–water partition coefficient (Wildman–Crippen LogP) is 17.3. The molecule has 1 fully saturated rings. The van der Waals surface area contributed by atoms with Crippen molar-refractivity contribution in [2.24, 2.45) is 29.6 Å². The van der Waals surface area contributed by atoms with Gasteiger partial charge in [-0.15, -0.1) is 0 Å². The minimum absolute atomic E-state index is 0.0243. The van der Waals surface area contributed by atoms with Crippen LogP contribution in [0.1, 0.15) is 238 Å². The van der Waals surface area contributed by atoms with Gasteiger partial charge in [0.25, 0.3) is 0 Å². The third-order valence-corrected chi connectivity index (χ3v) is 12.6. The van der Waals surface area contributed by atoms with Crippen molar-refractivity contribution in [3.63, 3.8) is 0 Å². The molecule has 1 aromatic carbocycles. The van der Waals surface area contributed by atoms with Crippen LogP contribution in [0, 0.1) is 36.5 Å². The van der Waals surface area contributed by atoms with E-state index in [0.717, 1.165) is 94.4 Å². The average Bonchev–Trinajstić information content (AvgIpc) is 3.72. The van der Waals surface area contributed by atoms with Crippen molar-refractivity contribution in [2.75, 3.05) is 0 Å². The number of imidazole rings is 1. The Balaban J connectivity index is -0.00000132. The van der Waals surface area contributed by atoms with Gasteiger partial charge in [0.1, 0.15) is 17.4 Å². The van der Waals surface area contributed by atoms with Gasteiger partial charge in [0.15, 0.2) is 0 Å². The largest absolute Gasteiger partial charge is 0.355 e. The highest BCUT2D eigenvalue weighted by Crippen LogP contribution is 2.41. The van der Waals surface area contributed by atoms with Crippen LogP contribution in [0.3, 0.4) is 0 Å². The van der Waals surface area contributed by atoms with Gasteiger partial charge in [0.2, 0.25) is 0 Å². The van der Waals surface area contributed by atoms with Gasteiger partial charge in [-0.25, -0.2) is 9.37 Å². The van der Waals surface area contributed by atoms with E-state index in [-0.39, 0.29) is 17.7 Å². The monoisotopic (exact) mass is 932 g/mol. The molecule has 2 aromatic rings. The highest BCUT2D eigenvalue weighted by atomic mass is 19.1. The van der Waals surface area contributed by atoms with Crippen molar-refractivity contribution in [1.29, 1.82) is 0 Å². The molecule has 1 aliphatic carbocycles. The van der Waals surface area contributed by atoms with Gasteiger partial charge < -0.3 is 14.7 Å². The molecule has 1 aromatic heterocycles. The van der Waals surface area contributed by atoms with E-state index in [1.54, 1.807) is 12.2 Å². The van der Waals surface area contributed by atoms with Crippen molar-refractivity contribution in [2.45, 2.75) is 234 Å². The molecule has 0 bridgehead atoms. The standard InChI is InChI=1S/C37H52FN3O.C8H16.C8H18.C3H6O.C3H8.C2H6/c1-12-17-33(32(38)16-5)40-29(11)35-34(39-24-41(35)25(6)7)23-27(9)30-18-19-31(28(10)22-30)37(20-13-2,21-14-3)36(42)26(8)15-4;1-3-4-8-5-7(2)6-8;1-5-7(3)8(4)6-2;1-3(2)4;1-3-2;1-2/h12,16-19,22-26,40H,5,9,13-15,20-21H2,1-4,6-8,10-11H3;7-8H,3-6H2,1-2H3;7-8H,5-6H2,1-4H3;1-2H3;3H2,1-2H3;1-2H3/b17-12-,33-32-,34-23+,35-29-;;;;;. The van der Waals surface area contributed by atoms with Crippen LogP contribution in [-0.2, 0) is 15.0 Å². The number of hydrogen-bond donors (Lipinski definition) is 1. The molecule has 0 saturated heterocycles. The van der Waals surface area contributed by atoms with Crippen LogP contribution in [0.4, 0.5) is 4.39 Å². The van der Waals surface area contributed by atoms with Crippen molar-refractivity contribution in [3.05, 3.63) is 94.8 Å². The Bertz CT molecular complexity index is 1850. The first kappa shape index (κ1) is 67.5. The smallest absolute Gasteiger partial charge is 0.146 e. The third kappa shape index (κ3) is 24.4. The number of nitrogens with zero attached hydrogens (tertiary/aromatic N) is 2. The maximum atomic E-state index is 14.5. The summed E-state index contributed by atoms with van der Waals surface area (Å²) in [5.74, 6) is 4.11. The van der Waals surface area contributed by atoms with Gasteiger partial charge in [-0.2, -0.15) is 0 Å². The molecule has 6 heteroatoms. The van der Waals surface area contributed by atoms with Gasteiger partial charge in [-0.1, -0.05) is 179 Å². The summed E-state index contributed by atoms with van der Waals surface area (Å²) in [7, 11) is 0. The molecule has 1 saturated carbocycles. The fourth-order valence-electron chi connectivity index (χ4n) is 8.43. The SMILES string of the molecule is C=C/C(F)=C(\C=C/C)N/C(C)=c1/c(=C\C(=C)c2ccc(C(CCC)(CCC)C(=O)C(C)CC)c(C)c2)ncn1C(C)C.CC.CC(C)=O.CCC.CCC(C)C(C)CC.CCCC1CC(C)C1. The minimum Gasteiger partial charge on any atom is -0.355 e. The topological polar surface area (TPSA) is 64.0 Å². The molecule has 1 N–H and O–H groups in total. The molecule has 3 unspecified atom stereocenters. The second kappa shape index (κ2) is 38.1. The number of carbonyl (C=O) groups is 2. The van der Waals surface area contributed by atoms with Crippen LogP contribution in [0.25, 0.3) is 17.3 Å². The molecule has 384 valence electrons. The Labute approximate surface area is 414 Å². The van der Waals surface area contributed by atoms with Crippen LogP contribution >= 0.6 is 0 Å². The number of ketones is 2. The van der Waals surface area contributed by atoms with Crippen molar-refractivity contribution in [1.82, 2.24) is 14.9 Å². The fraction of sp³-hybridized carbons (Fsp3) is 0.656. The average molecular weight is 933 g/mol. The summed E-state index contributed by atoms with van der Waals surface area (Å²) in [6.07, 6.45) is 22.7. The van der Waals surface area contributed by atoms with Crippen LogP contribution in [-0.4, -0.2) is 21.1 Å². The Morgan fingerprint density at radius 2 is 1.40 bits per heavy atom. The number of nitrogens with one attached hydrogen (secondary N) is 1. The number of aromatic nitrogens is 2. The summed E-state index contributed by atoms with van der Waals surface area (Å²) >= 11 is 0. The second-order valence-electron chi connectivity index (χ2n) is 19.3. The molecule has 1 aliphatic rings. The summed E-state index contributed by atoms with van der Waals surface area (Å²) in [5, 5.41) is 4.83. The van der Waals surface area contributed by atoms with Crippen LogP contribution in [0.15, 0.2) is 67.4 Å². The number of carbonyl (C=O) groups excluding carboxylic acids is 2. The minimum atomic E-state index is -0.466. The van der Waals surface area contributed by atoms with Gasteiger partial charge >= 0.3 is 0 Å². The molecule has 0 amide bonds. The first-order chi connectivity index (χ1) is 31.6. The van der Waals surface area contributed by atoms with E-state index in [1.165, 1.54) is 64.9 Å². The Hall–Kier alpha value is -3.80. The number of hydrogen-bond acceptors (Lipinski definition) is 4. The normalized spacial score (nSPS) is 16.5. The maximum absolute atomic E-state index is 14.5. The molecule has 0 aliphatic heterocycles. The predicted molar refractivity (Wildman–Crippen MR) is 297 cm³/mol. The first-order valence-corrected chi connectivity index (χ1v) is 26.6. The second-order valence-corrected chi connectivity index (χ2v) is 19.3. The fourth-order valence-corrected chi connectivity index (χ4v) is 8.43. The van der Waals surface area contributed by atoms with E-state index < -0.39 is 11.2 Å². The third-order valence-electron chi connectivity index (χ3n) is 12.6. The van der Waals surface area contributed by atoms with E-state index in [1.807, 2.05) is 40.1 Å². The molecular weight excluding hydrogens is 826 g/mol. The summed E-state index contributed by atoms with van der Waals surface area (Å²) in [5.41, 5.74) is 4.69. The molecule has 3 atom stereocenters. The van der Waals surface area contributed by atoms with Crippen molar-refractivity contribution in [3.8, 4) is 0 Å². The van der Waals surface area contributed by atoms with Gasteiger partial charge in [-0.3, -0.25) is 4.79 Å². The van der Waals surface area contributed by atoms with E-state index in [9.17, 15) is 14.0 Å². The molecule has 67 heavy (non-hydrogen) atoms. The summed E-state index contributed by atoms with van der Waals surface area (Å²) in [6.45, 7) is 51.6. The number of rotatable bonds is 20. The van der Waals surface area contributed by atoms with Gasteiger partial charge in [0, 0.05) is 17.7 Å². The zero-order chi connectivity index (χ0) is 52.4. The zero-order valence-corrected chi connectivity index (χ0v) is 47.6. The number of benzene rings is 1. The van der Waals surface area contributed by atoms with Crippen LogP contribution in [0.2, 0.25) is 0 Å². The van der Waals surface area contributed by atoms with E-state index in [0.29, 0.717) is 11.5 Å². The number of halogens is 1. The number of Topliss-reactive ketones (excluding diaryl/α,β-unsaturated/α-hetero) is 2. The lowest BCUT2D eigenvalue weighted by atomic mass is 9.66. The summed E-state index contributed by atoms with van der Waals surface area (Å²) in [4.78, 5) is 28.0. The lowest BCUT2D eigenvalue weighted by Crippen LogP contribution is -2.40. The van der Waals surface area contributed by atoms with Gasteiger partial charge in [-0.05, 0) is 145 Å². The molecular formula is C61H106FN3O2. The van der Waals surface area contributed by atoms with Crippen molar-refractivity contribution >= 4 is 28.9 Å². The Kier molecular flexibility index (Phi) is 38.4. The highest BCUT2D eigenvalue weighted by Gasteiger charge is 2.41. The summed E-state index contributed by atoms with van der Waals surface area (Å²) < 4.78 is 16.6. The number of allylic oxidation sites excluding steroid dienone is 5. The highest BCUT2D eigenvalue weighted by molar-refractivity contribution is 5.93. The quantitative estimate of drug-likeness (QED) is 0.134. The summed E-state index contributed by atoms with van der Waals surface area (Å²) in [6, 6.07) is 6.53. The number of aryl methyl sites for hydroxylation is 1. The molecule has 1 heterocycles. The lowest BCUT2D eigenvalue weighted by molar-refractivity contribution is -0.129. The van der Waals surface area contributed by atoms with E-state index in [4.69, 9.17) is 4.98 Å². The lowest BCUT2D eigenvalue weighted by Gasteiger charge is -2.36. The molecule has 0 spiro atoms. The molecule has 3 rings (SSSR count). The zero-order valence-electron chi connectivity index (χ0n) is 47.6. The molecule has 0 radical (unpaired) electrons. The van der Waals surface area contributed by atoms with E-state index >= 15 is 0 Å². The van der Waals surface area contributed by atoms with Crippen LogP contribution < -0.4 is 16.0 Å².